The Morgan fingerprint density at radius 1 is 1.40 bits per heavy atom. The van der Waals surface area contributed by atoms with Crippen LogP contribution in [0.1, 0.15) is 45.4 Å². The molecule has 15 heavy (non-hydrogen) atoms. The van der Waals surface area contributed by atoms with Gasteiger partial charge in [0, 0.05) is 26.2 Å². The van der Waals surface area contributed by atoms with E-state index in [1.165, 1.54) is 25.7 Å². The first-order valence-electron chi connectivity index (χ1n) is 6.17. The van der Waals surface area contributed by atoms with Gasteiger partial charge in [-0.2, -0.15) is 0 Å². The fourth-order valence-electron chi connectivity index (χ4n) is 2.10. The summed E-state index contributed by atoms with van der Waals surface area (Å²) in [6.45, 7) is 4.25. The van der Waals surface area contributed by atoms with Gasteiger partial charge < -0.3 is 10.1 Å². The fraction of sp³-hybridized carbons (Fsp3) is 0.917. The van der Waals surface area contributed by atoms with Crippen molar-refractivity contribution in [3.05, 3.63) is 0 Å². The highest BCUT2D eigenvalue weighted by molar-refractivity contribution is 5.76. The third-order valence-electron chi connectivity index (χ3n) is 2.94. The van der Waals surface area contributed by atoms with Crippen molar-refractivity contribution in [2.75, 3.05) is 19.8 Å². The van der Waals surface area contributed by atoms with E-state index >= 15 is 0 Å². The Morgan fingerprint density at radius 3 is 2.80 bits per heavy atom. The molecule has 0 atom stereocenters. The summed E-state index contributed by atoms with van der Waals surface area (Å²) in [5.74, 6) is 0.871. The largest absolute Gasteiger partial charge is 0.382 e. The van der Waals surface area contributed by atoms with Crippen molar-refractivity contribution in [2.24, 2.45) is 5.92 Å². The van der Waals surface area contributed by atoms with Gasteiger partial charge in [-0.3, -0.25) is 4.79 Å². The lowest BCUT2D eigenvalue weighted by molar-refractivity contribution is -0.122. The number of hydrogen-bond acceptors (Lipinski definition) is 2. The van der Waals surface area contributed by atoms with Crippen molar-refractivity contribution in [3.63, 3.8) is 0 Å². The molecule has 0 radical (unpaired) electrons. The minimum absolute atomic E-state index is 0.221. The molecule has 1 saturated carbocycles. The van der Waals surface area contributed by atoms with Crippen LogP contribution in [0.2, 0.25) is 0 Å². The fourth-order valence-corrected chi connectivity index (χ4v) is 2.10. The minimum atomic E-state index is 0.221. The van der Waals surface area contributed by atoms with Crippen LogP contribution in [0.5, 0.6) is 0 Å². The summed E-state index contributed by atoms with van der Waals surface area (Å²) in [4.78, 5) is 11.5. The number of carbonyl (C=O) groups excluding carboxylic acids is 1. The van der Waals surface area contributed by atoms with Crippen LogP contribution < -0.4 is 5.32 Å². The summed E-state index contributed by atoms with van der Waals surface area (Å²) < 4.78 is 5.20. The molecule has 0 unspecified atom stereocenters. The summed E-state index contributed by atoms with van der Waals surface area (Å²) >= 11 is 0. The second-order valence-electron chi connectivity index (χ2n) is 4.26. The third kappa shape index (κ3) is 5.78. The van der Waals surface area contributed by atoms with Gasteiger partial charge in [0.1, 0.15) is 0 Å². The van der Waals surface area contributed by atoms with Crippen LogP contribution in [0.25, 0.3) is 0 Å². The number of hydrogen-bond donors (Lipinski definition) is 1. The predicted octanol–water partition coefficient (Wildman–Crippen LogP) is 2.11. The van der Waals surface area contributed by atoms with Gasteiger partial charge in [0.2, 0.25) is 5.91 Å². The highest BCUT2D eigenvalue weighted by atomic mass is 16.5. The van der Waals surface area contributed by atoms with Gasteiger partial charge in [-0.25, -0.2) is 0 Å². The van der Waals surface area contributed by atoms with E-state index in [9.17, 15) is 4.79 Å². The van der Waals surface area contributed by atoms with Gasteiger partial charge in [-0.15, -0.1) is 0 Å². The normalized spacial score (nSPS) is 16.9. The van der Waals surface area contributed by atoms with E-state index in [1.807, 2.05) is 6.92 Å². The summed E-state index contributed by atoms with van der Waals surface area (Å²) in [6.07, 6.45) is 6.75. The summed E-state index contributed by atoms with van der Waals surface area (Å²) in [5, 5.41) is 2.95. The van der Waals surface area contributed by atoms with E-state index in [2.05, 4.69) is 5.32 Å². The Hall–Kier alpha value is -0.570. The molecule has 0 bridgehead atoms. The number of carbonyl (C=O) groups is 1. The van der Waals surface area contributed by atoms with Crippen molar-refractivity contribution in [3.8, 4) is 0 Å². The quantitative estimate of drug-likeness (QED) is 0.658. The van der Waals surface area contributed by atoms with Crippen molar-refractivity contribution < 1.29 is 9.53 Å². The molecule has 1 aliphatic rings. The minimum Gasteiger partial charge on any atom is -0.382 e. The molecule has 1 aliphatic carbocycles. The van der Waals surface area contributed by atoms with Crippen molar-refractivity contribution in [1.29, 1.82) is 0 Å². The molecule has 0 saturated heterocycles. The molecular formula is C12H23NO2. The lowest BCUT2D eigenvalue weighted by atomic mass is 10.0. The Labute approximate surface area is 92.6 Å². The molecule has 0 heterocycles. The highest BCUT2D eigenvalue weighted by Gasteiger charge is 2.17. The Kier molecular flexibility index (Phi) is 6.41. The first-order chi connectivity index (χ1) is 7.33. The van der Waals surface area contributed by atoms with Crippen LogP contribution in [-0.4, -0.2) is 25.7 Å². The lowest BCUT2D eigenvalue weighted by Crippen LogP contribution is -2.26. The van der Waals surface area contributed by atoms with Crippen LogP contribution in [0.15, 0.2) is 0 Å². The molecule has 0 aliphatic heterocycles. The van der Waals surface area contributed by atoms with Crippen LogP contribution in [0, 0.1) is 5.92 Å². The van der Waals surface area contributed by atoms with Gasteiger partial charge in [0.15, 0.2) is 0 Å². The summed E-state index contributed by atoms with van der Waals surface area (Å²) in [5.41, 5.74) is 0. The van der Waals surface area contributed by atoms with Crippen molar-refractivity contribution in [1.82, 2.24) is 5.32 Å². The first-order valence-corrected chi connectivity index (χ1v) is 6.17. The van der Waals surface area contributed by atoms with Crippen LogP contribution in [0.3, 0.4) is 0 Å². The van der Waals surface area contributed by atoms with E-state index in [0.717, 1.165) is 32.6 Å². The molecule has 0 aromatic heterocycles. The molecule has 88 valence electrons. The molecule has 1 fully saturated rings. The van der Waals surface area contributed by atoms with Crippen LogP contribution >= 0.6 is 0 Å². The van der Waals surface area contributed by atoms with Crippen molar-refractivity contribution >= 4 is 5.91 Å². The Bertz CT molecular complexity index is 176. The van der Waals surface area contributed by atoms with Crippen LogP contribution in [-0.2, 0) is 9.53 Å². The molecule has 3 heteroatoms. The second-order valence-corrected chi connectivity index (χ2v) is 4.26. The van der Waals surface area contributed by atoms with Gasteiger partial charge in [0.05, 0.1) is 0 Å². The molecule has 1 N–H and O–H groups in total. The molecule has 3 nitrogen and oxygen atoms in total. The molecular weight excluding hydrogens is 190 g/mol. The number of amides is 1. The first kappa shape index (κ1) is 12.5. The molecule has 1 rings (SSSR count). The van der Waals surface area contributed by atoms with Gasteiger partial charge in [-0.05, 0) is 32.1 Å². The zero-order chi connectivity index (χ0) is 10.9. The third-order valence-corrected chi connectivity index (χ3v) is 2.94. The van der Waals surface area contributed by atoms with E-state index in [4.69, 9.17) is 4.74 Å². The van der Waals surface area contributed by atoms with Gasteiger partial charge in [0.25, 0.3) is 0 Å². The molecule has 0 spiro atoms. The van der Waals surface area contributed by atoms with E-state index in [0.29, 0.717) is 5.92 Å². The standard InChI is InChI=1S/C12H23NO2/c1-2-15-9-5-8-13-12(14)10-11-6-3-4-7-11/h11H,2-10H2,1H3,(H,13,14). The van der Waals surface area contributed by atoms with Crippen LogP contribution in [0.4, 0.5) is 0 Å². The Morgan fingerprint density at radius 2 is 2.13 bits per heavy atom. The highest BCUT2D eigenvalue weighted by Crippen LogP contribution is 2.27. The molecule has 0 aromatic rings. The smallest absolute Gasteiger partial charge is 0.220 e. The summed E-state index contributed by atoms with van der Waals surface area (Å²) in [6, 6.07) is 0. The average molecular weight is 213 g/mol. The maximum Gasteiger partial charge on any atom is 0.220 e. The Balaban J connectivity index is 1.93. The molecule has 1 amide bonds. The second kappa shape index (κ2) is 7.69. The lowest BCUT2D eigenvalue weighted by Gasteiger charge is -2.09. The summed E-state index contributed by atoms with van der Waals surface area (Å²) in [7, 11) is 0. The number of nitrogens with one attached hydrogen (secondary N) is 1. The topological polar surface area (TPSA) is 38.3 Å². The number of rotatable bonds is 7. The van der Waals surface area contributed by atoms with E-state index < -0.39 is 0 Å². The average Bonchev–Trinajstić information content (AvgIpc) is 2.70. The SMILES string of the molecule is CCOCCCNC(=O)CC1CCCC1. The van der Waals surface area contributed by atoms with Crippen molar-refractivity contribution in [2.45, 2.75) is 45.4 Å². The zero-order valence-corrected chi connectivity index (χ0v) is 9.76. The molecule has 0 aromatic carbocycles. The van der Waals surface area contributed by atoms with Gasteiger partial charge in [-0.1, -0.05) is 12.8 Å². The predicted molar refractivity (Wildman–Crippen MR) is 60.7 cm³/mol. The maximum atomic E-state index is 11.5. The maximum absolute atomic E-state index is 11.5. The van der Waals surface area contributed by atoms with E-state index in [1.54, 1.807) is 0 Å². The number of ether oxygens (including phenoxy) is 1. The van der Waals surface area contributed by atoms with E-state index in [-0.39, 0.29) is 5.91 Å². The zero-order valence-electron chi connectivity index (χ0n) is 9.76. The van der Waals surface area contributed by atoms with Gasteiger partial charge >= 0.3 is 0 Å². The monoisotopic (exact) mass is 213 g/mol.